The van der Waals surface area contributed by atoms with Gasteiger partial charge < -0.3 is 5.32 Å². The molecular weight excluding hydrogens is 529 g/mol. The van der Waals surface area contributed by atoms with E-state index in [0.717, 1.165) is 9.60 Å². The second kappa shape index (κ2) is 8.69. The summed E-state index contributed by atoms with van der Waals surface area (Å²) >= 11 is 5.76. The Balaban J connectivity index is 1.30. The Morgan fingerprint density at radius 3 is 2.48 bits per heavy atom. The first-order chi connectivity index (χ1) is 15.9. The normalized spacial score (nSPS) is 13.0. The Bertz CT molecular complexity index is 1420. The average Bonchev–Trinajstić information content (AvgIpc) is 3.32. The van der Waals surface area contributed by atoms with Crippen LogP contribution in [0.5, 0.6) is 0 Å². The predicted octanol–water partition coefficient (Wildman–Crippen LogP) is 5.73. The van der Waals surface area contributed by atoms with Crippen molar-refractivity contribution in [2.24, 2.45) is 0 Å². The highest BCUT2D eigenvalue weighted by atomic mass is 79.9. The summed E-state index contributed by atoms with van der Waals surface area (Å²) in [4.78, 5) is 43.4. The fourth-order valence-electron chi connectivity index (χ4n) is 3.42. The van der Waals surface area contributed by atoms with Crippen molar-refractivity contribution in [3.63, 3.8) is 0 Å². The zero-order valence-corrected chi connectivity index (χ0v) is 19.9. The molecule has 33 heavy (non-hydrogen) atoms. The van der Waals surface area contributed by atoms with Gasteiger partial charge in [-0.25, -0.2) is 14.3 Å². The van der Waals surface area contributed by atoms with Gasteiger partial charge in [-0.2, -0.15) is 0 Å². The molecule has 1 aromatic heterocycles. The number of hydrogen-bond acceptors (Lipinski definition) is 6. The first-order valence-electron chi connectivity index (χ1n) is 9.67. The Morgan fingerprint density at radius 2 is 1.79 bits per heavy atom. The van der Waals surface area contributed by atoms with Crippen molar-refractivity contribution in [3.8, 4) is 0 Å². The van der Waals surface area contributed by atoms with Crippen molar-refractivity contribution >= 4 is 78.3 Å². The predicted molar refractivity (Wildman–Crippen MR) is 131 cm³/mol. The summed E-state index contributed by atoms with van der Waals surface area (Å²) < 4.78 is 15.9. The second-order valence-corrected chi connectivity index (χ2v) is 10.3. The largest absolute Gasteiger partial charge is 0.323 e. The van der Waals surface area contributed by atoms with Crippen molar-refractivity contribution in [2.45, 2.75) is 4.34 Å². The molecule has 5 rings (SSSR count). The summed E-state index contributed by atoms with van der Waals surface area (Å²) in [7, 11) is 0. The summed E-state index contributed by atoms with van der Waals surface area (Å²) in [5.41, 5.74) is 2.05. The topological polar surface area (TPSA) is 79.4 Å². The summed E-state index contributed by atoms with van der Waals surface area (Å²) in [6.45, 7) is 0. The van der Waals surface area contributed by atoms with Crippen molar-refractivity contribution in [1.82, 2.24) is 4.98 Å². The standard InChI is InChI=1S/C23H13BrFN3O3S2/c24-12-5-7-17(16(25)9-12)26-20(29)11-32-23-27-18-8-6-13(10-19(18)33-23)28-21(30)14-3-1-2-4-15(14)22(28)31/h1-10H,11H2,(H,26,29). The van der Waals surface area contributed by atoms with Gasteiger partial charge >= 0.3 is 0 Å². The highest BCUT2D eigenvalue weighted by Gasteiger charge is 2.36. The molecule has 6 nitrogen and oxygen atoms in total. The maximum atomic E-state index is 13.9. The Hall–Kier alpha value is -3.08. The van der Waals surface area contributed by atoms with Crippen molar-refractivity contribution < 1.29 is 18.8 Å². The molecule has 10 heteroatoms. The molecule has 3 aromatic carbocycles. The molecule has 3 amide bonds. The van der Waals surface area contributed by atoms with E-state index < -0.39 is 5.82 Å². The smallest absolute Gasteiger partial charge is 0.266 e. The number of benzene rings is 3. The van der Waals surface area contributed by atoms with E-state index in [1.54, 1.807) is 48.5 Å². The maximum Gasteiger partial charge on any atom is 0.266 e. The number of thiazole rings is 1. The molecule has 0 fully saturated rings. The molecule has 1 aliphatic rings. The van der Waals surface area contributed by atoms with Crippen LogP contribution in [0.2, 0.25) is 0 Å². The number of amides is 3. The quantitative estimate of drug-likeness (QED) is 0.258. The van der Waals surface area contributed by atoms with Gasteiger partial charge in [0.05, 0.1) is 38.5 Å². The lowest BCUT2D eigenvalue weighted by Gasteiger charge is -2.13. The molecule has 0 unspecified atom stereocenters. The van der Waals surface area contributed by atoms with Crippen molar-refractivity contribution in [1.29, 1.82) is 0 Å². The number of nitrogens with zero attached hydrogens (tertiary/aromatic N) is 2. The SMILES string of the molecule is O=C(CSc1nc2ccc(N3C(=O)c4ccccc4C3=O)cc2s1)Nc1ccc(Br)cc1F. The lowest BCUT2D eigenvalue weighted by molar-refractivity contribution is -0.113. The number of carbonyl (C=O) groups excluding carboxylic acids is 3. The zero-order chi connectivity index (χ0) is 23.1. The Labute approximate surface area is 203 Å². The van der Waals surface area contributed by atoms with E-state index in [1.165, 1.54) is 35.2 Å². The number of fused-ring (bicyclic) bond motifs is 2. The van der Waals surface area contributed by atoms with Crippen LogP contribution < -0.4 is 10.2 Å². The fourth-order valence-corrected chi connectivity index (χ4v) is 5.66. The zero-order valence-electron chi connectivity index (χ0n) is 16.7. The van der Waals surface area contributed by atoms with Crippen LogP contribution in [0.3, 0.4) is 0 Å². The molecule has 164 valence electrons. The van der Waals surface area contributed by atoms with Crippen LogP contribution in [0.4, 0.5) is 15.8 Å². The van der Waals surface area contributed by atoms with Crippen LogP contribution in [0.15, 0.2) is 69.5 Å². The number of thioether (sulfide) groups is 1. The molecule has 2 heterocycles. The van der Waals surface area contributed by atoms with Crippen molar-refractivity contribution in [2.75, 3.05) is 16.0 Å². The molecule has 0 spiro atoms. The number of carbonyl (C=O) groups is 3. The Kier molecular flexibility index (Phi) is 5.73. The van der Waals surface area contributed by atoms with Crippen LogP contribution in [-0.2, 0) is 4.79 Å². The first kappa shape index (κ1) is 21.7. The lowest BCUT2D eigenvalue weighted by Crippen LogP contribution is -2.29. The monoisotopic (exact) mass is 541 g/mol. The molecule has 4 aromatic rings. The first-order valence-corrected chi connectivity index (χ1v) is 12.3. The molecule has 0 aliphatic carbocycles. The number of nitrogens with one attached hydrogen (secondary N) is 1. The molecule has 0 radical (unpaired) electrons. The van der Waals surface area contributed by atoms with Gasteiger partial charge in [-0.05, 0) is 48.5 Å². The number of rotatable bonds is 5. The average molecular weight is 542 g/mol. The molecule has 1 N–H and O–H groups in total. The molecule has 0 atom stereocenters. The van der Waals surface area contributed by atoms with Crippen LogP contribution in [0.1, 0.15) is 20.7 Å². The summed E-state index contributed by atoms with van der Waals surface area (Å²) in [5, 5.41) is 2.55. The lowest BCUT2D eigenvalue weighted by atomic mass is 10.1. The van der Waals surface area contributed by atoms with Crippen LogP contribution >= 0.6 is 39.0 Å². The van der Waals surface area contributed by atoms with Gasteiger partial charge in [-0.15, -0.1) is 11.3 Å². The number of aromatic nitrogens is 1. The van der Waals surface area contributed by atoms with Gasteiger partial charge in [-0.3, -0.25) is 14.4 Å². The number of halogens is 2. The Morgan fingerprint density at radius 1 is 1.06 bits per heavy atom. The summed E-state index contributed by atoms with van der Waals surface area (Å²) in [6.07, 6.45) is 0. The second-order valence-electron chi connectivity index (χ2n) is 7.08. The van der Waals surface area contributed by atoms with Crippen LogP contribution in [0.25, 0.3) is 10.2 Å². The summed E-state index contributed by atoms with van der Waals surface area (Å²) in [6, 6.07) is 16.3. The number of imide groups is 1. The van der Waals surface area contributed by atoms with Gasteiger partial charge in [0, 0.05) is 4.47 Å². The minimum Gasteiger partial charge on any atom is -0.323 e. The van der Waals surface area contributed by atoms with E-state index in [9.17, 15) is 18.8 Å². The number of anilines is 2. The van der Waals surface area contributed by atoms with E-state index in [1.807, 2.05) is 0 Å². The van der Waals surface area contributed by atoms with E-state index in [-0.39, 0.29) is 29.2 Å². The van der Waals surface area contributed by atoms with Crippen molar-refractivity contribution in [3.05, 3.63) is 82.1 Å². The third kappa shape index (κ3) is 4.17. The molecule has 0 saturated heterocycles. The van der Waals surface area contributed by atoms with Crippen LogP contribution in [0, 0.1) is 5.82 Å². The van der Waals surface area contributed by atoms with E-state index in [4.69, 9.17) is 0 Å². The number of hydrogen-bond donors (Lipinski definition) is 1. The van der Waals surface area contributed by atoms with Gasteiger partial charge in [-0.1, -0.05) is 39.8 Å². The molecule has 0 bridgehead atoms. The van der Waals surface area contributed by atoms with E-state index in [0.29, 0.717) is 31.1 Å². The van der Waals surface area contributed by atoms with Gasteiger partial charge in [0.15, 0.2) is 4.34 Å². The van der Waals surface area contributed by atoms with Gasteiger partial charge in [0.2, 0.25) is 5.91 Å². The third-order valence-electron chi connectivity index (χ3n) is 4.94. The summed E-state index contributed by atoms with van der Waals surface area (Å²) in [5.74, 6) is -1.53. The minimum atomic E-state index is -0.525. The van der Waals surface area contributed by atoms with Gasteiger partial charge in [0.25, 0.3) is 11.8 Å². The highest BCUT2D eigenvalue weighted by molar-refractivity contribution is 9.10. The fraction of sp³-hybridized carbons (Fsp3) is 0.0435. The van der Waals surface area contributed by atoms with Crippen LogP contribution in [-0.4, -0.2) is 28.5 Å². The molecule has 0 saturated carbocycles. The molecular formula is C23H13BrFN3O3S2. The minimum absolute atomic E-state index is 0.0561. The van der Waals surface area contributed by atoms with E-state index >= 15 is 0 Å². The highest BCUT2D eigenvalue weighted by Crippen LogP contribution is 2.35. The van der Waals surface area contributed by atoms with E-state index in [2.05, 4.69) is 26.2 Å². The third-order valence-corrected chi connectivity index (χ3v) is 7.59. The molecule has 1 aliphatic heterocycles. The van der Waals surface area contributed by atoms with Gasteiger partial charge in [0.1, 0.15) is 5.82 Å². The maximum absolute atomic E-state index is 13.9.